The Balaban J connectivity index is 2.12. The molecule has 0 saturated carbocycles. The Morgan fingerprint density at radius 1 is 1.29 bits per heavy atom. The number of carbonyl (C=O) groups excluding carboxylic acids is 1. The molecule has 1 heterocycles. The molecule has 0 aromatic rings. The number of rotatable bonds is 4. The van der Waals surface area contributed by atoms with Crippen LogP contribution in [0.2, 0.25) is 0 Å². The summed E-state index contributed by atoms with van der Waals surface area (Å²) in [5.74, 6) is 0.136. The minimum Gasteiger partial charge on any atom is -0.351 e. The molecule has 0 spiro atoms. The van der Waals surface area contributed by atoms with Crippen molar-refractivity contribution in [3.05, 3.63) is 0 Å². The Labute approximate surface area is 105 Å². The third-order valence-corrected chi connectivity index (χ3v) is 2.88. The van der Waals surface area contributed by atoms with E-state index in [1.165, 1.54) is 19.3 Å². The summed E-state index contributed by atoms with van der Waals surface area (Å²) in [7, 11) is 0. The Kier molecular flexibility index (Phi) is 5.92. The van der Waals surface area contributed by atoms with Gasteiger partial charge in [-0.3, -0.25) is 4.79 Å². The highest BCUT2D eigenvalue weighted by molar-refractivity contribution is 5.76. The molecule has 4 nitrogen and oxygen atoms in total. The fourth-order valence-corrected chi connectivity index (χ4v) is 2.09. The Morgan fingerprint density at radius 3 is 2.76 bits per heavy atom. The molecule has 3 N–H and O–H groups in total. The summed E-state index contributed by atoms with van der Waals surface area (Å²) in [5, 5.41) is 9.84. The lowest BCUT2D eigenvalue weighted by Gasteiger charge is -2.21. The predicted molar refractivity (Wildman–Crippen MR) is 71.0 cm³/mol. The van der Waals surface area contributed by atoms with E-state index in [1.54, 1.807) is 0 Å². The van der Waals surface area contributed by atoms with Gasteiger partial charge in [-0.1, -0.05) is 0 Å². The van der Waals surface area contributed by atoms with E-state index in [0.717, 1.165) is 19.6 Å². The van der Waals surface area contributed by atoms with Gasteiger partial charge in [0, 0.05) is 24.5 Å². The number of carbonyl (C=O) groups is 1. The van der Waals surface area contributed by atoms with Crippen LogP contribution in [0.1, 0.15) is 46.5 Å². The van der Waals surface area contributed by atoms with Gasteiger partial charge in [0.25, 0.3) is 0 Å². The first-order valence-corrected chi connectivity index (χ1v) is 6.72. The van der Waals surface area contributed by atoms with Gasteiger partial charge < -0.3 is 16.0 Å². The van der Waals surface area contributed by atoms with Crippen LogP contribution in [0.3, 0.4) is 0 Å². The molecule has 1 fully saturated rings. The Hall–Kier alpha value is -0.610. The van der Waals surface area contributed by atoms with Crippen LogP contribution in [0.4, 0.5) is 0 Å². The lowest BCUT2D eigenvalue weighted by Crippen LogP contribution is -2.42. The Morgan fingerprint density at radius 2 is 2.06 bits per heavy atom. The first-order valence-electron chi connectivity index (χ1n) is 6.72. The predicted octanol–water partition coefficient (Wildman–Crippen LogP) is 1.02. The van der Waals surface area contributed by atoms with Crippen LogP contribution in [-0.4, -0.2) is 37.1 Å². The van der Waals surface area contributed by atoms with Gasteiger partial charge in [0.2, 0.25) is 5.91 Å². The van der Waals surface area contributed by atoms with E-state index in [9.17, 15) is 4.79 Å². The van der Waals surface area contributed by atoms with Crippen LogP contribution < -0.4 is 16.0 Å². The summed E-state index contributed by atoms with van der Waals surface area (Å²) in [6.45, 7) is 9.03. The molecule has 17 heavy (non-hydrogen) atoms. The number of hydrogen-bond acceptors (Lipinski definition) is 3. The van der Waals surface area contributed by atoms with Crippen LogP contribution in [-0.2, 0) is 4.79 Å². The van der Waals surface area contributed by atoms with Crippen molar-refractivity contribution >= 4 is 5.91 Å². The average Bonchev–Trinajstić information content (AvgIpc) is 2.43. The van der Waals surface area contributed by atoms with Gasteiger partial charge in [0.05, 0.1) is 0 Å². The third kappa shape index (κ3) is 7.34. The number of amides is 1. The molecule has 100 valence electrons. The van der Waals surface area contributed by atoms with Crippen molar-refractivity contribution in [2.24, 2.45) is 0 Å². The fraction of sp³-hybridized carbons (Fsp3) is 0.923. The quantitative estimate of drug-likeness (QED) is 0.689. The van der Waals surface area contributed by atoms with Crippen LogP contribution in [0, 0.1) is 0 Å². The van der Waals surface area contributed by atoms with Gasteiger partial charge in [0.1, 0.15) is 0 Å². The molecular formula is C13H27N3O. The van der Waals surface area contributed by atoms with Gasteiger partial charge >= 0.3 is 0 Å². The fourth-order valence-electron chi connectivity index (χ4n) is 2.09. The van der Waals surface area contributed by atoms with Crippen molar-refractivity contribution in [3.63, 3.8) is 0 Å². The van der Waals surface area contributed by atoms with Crippen molar-refractivity contribution in [3.8, 4) is 0 Å². The summed E-state index contributed by atoms with van der Waals surface area (Å²) in [5.41, 5.74) is -0.122. The van der Waals surface area contributed by atoms with Crippen molar-refractivity contribution in [2.75, 3.05) is 19.6 Å². The summed E-state index contributed by atoms with van der Waals surface area (Å²) in [6, 6.07) is 0.576. The largest absolute Gasteiger partial charge is 0.351 e. The van der Waals surface area contributed by atoms with E-state index in [2.05, 4.69) is 16.0 Å². The van der Waals surface area contributed by atoms with Crippen molar-refractivity contribution in [1.82, 2.24) is 16.0 Å². The molecule has 4 heteroatoms. The maximum absolute atomic E-state index is 11.6. The topological polar surface area (TPSA) is 53.2 Å². The van der Waals surface area contributed by atoms with Crippen LogP contribution >= 0.6 is 0 Å². The normalized spacial score (nSPS) is 21.9. The first kappa shape index (κ1) is 14.5. The standard InChI is InChI=1S/C13H27N3O/c1-13(2,3)16-12(17)7-10-15-11-5-4-8-14-9-6-11/h11,14-15H,4-10H2,1-3H3,(H,16,17). The van der Waals surface area contributed by atoms with Gasteiger partial charge in [0.15, 0.2) is 0 Å². The molecule has 1 aliphatic rings. The average molecular weight is 241 g/mol. The first-order chi connectivity index (χ1) is 7.97. The maximum Gasteiger partial charge on any atom is 0.221 e. The molecule has 0 aromatic heterocycles. The van der Waals surface area contributed by atoms with Crippen molar-refractivity contribution in [2.45, 2.75) is 58.0 Å². The summed E-state index contributed by atoms with van der Waals surface area (Å²) in [4.78, 5) is 11.6. The van der Waals surface area contributed by atoms with E-state index in [1.807, 2.05) is 20.8 Å². The van der Waals surface area contributed by atoms with Crippen LogP contribution in [0.25, 0.3) is 0 Å². The van der Waals surface area contributed by atoms with E-state index in [4.69, 9.17) is 0 Å². The molecule has 1 aliphatic heterocycles. The van der Waals surface area contributed by atoms with Gasteiger partial charge in [-0.05, 0) is 53.1 Å². The molecule has 1 atom stereocenters. The molecule has 0 bridgehead atoms. The Bertz CT molecular complexity index is 227. The van der Waals surface area contributed by atoms with E-state index in [-0.39, 0.29) is 11.4 Å². The lowest BCUT2D eigenvalue weighted by molar-refractivity contribution is -0.122. The van der Waals surface area contributed by atoms with E-state index < -0.39 is 0 Å². The van der Waals surface area contributed by atoms with Crippen molar-refractivity contribution in [1.29, 1.82) is 0 Å². The van der Waals surface area contributed by atoms with Gasteiger partial charge in [-0.15, -0.1) is 0 Å². The highest BCUT2D eigenvalue weighted by Gasteiger charge is 2.14. The summed E-state index contributed by atoms with van der Waals surface area (Å²) < 4.78 is 0. The monoisotopic (exact) mass is 241 g/mol. The lowest BCUT2D eigenvalue weighted by atomic mass is 10.1. The molecule has 1 rings (SSSR count). The molecular weight excluding hydrogens is 214 g/mol. The van der Waals surface area contributed by atoms with Crippen LogP contribution in [0.5, 0.6) is 0 Å². The van der Waals surface area contributed by atoms with E-state index >= 15 is 0 Å². The molecule has 1 amide bonds. The number of hydrogen-bond donors (Lipinski definition) is 3. The molecule has 0 radical (unpaired) electrons. The van der Waals surface area contributed by atoms with E-state index in [0.29, 0.717) is 12.5 Å². The number of nitrogens with one attached hydrogen (secondary N) is 3. The zero-order valence-corrected chi connectivity index (χ0v) is 11.4. The minimum atomic E-state index is -0.122. The second-order valence-corrected chi connectivity index (χ2v) is 5.88. The van der Waals surface area contributed by atoms with Gasteiger partial charge in [-0.25, -0.2) is 0 Å². The zero-order chi connectivity index (χ0) is 12.7. The highest BCUT2D eigenvalue weighted by atomic mass is 16.1. The molecule has 1 unspecified atom stereocenters. The zero-order valence-electron chi connectivity index (χ0n) is 11.4. The SMILES string of the molecule is CC(C)(C)NC(=O)CCNC1CCCNCC1. The summed E-state index contributed by atoms with van der Waals surface area (Å²) in [6.07, 6.45) is 4.18. The van der Waals surface area contributed by atoms with Crippen molar-refractivity contribution < 1.29 is 4.79 Å². The molecule has 0 aromatic carbocycles. The second-order valence-electron chi connectivity index (χ2n) is 5.88. The van der Waals surface area contributed by atoms with Crippen LogP contribution in [0.15, 0.2) is 0 Å². The second kappa shape index (κ2) is 6.97. The summed E-state index contributed by atoms with van der Waals surface area (Å²) >= 11 is 0. The maximum atomic E-state index is 11.6. The third-order valence-electron chi connectivity index (χ3n) is 2.88. The molecule has 1 saturated heterocycles. The minimum absolute atomic E-state index is 0.122. The smallest absolute Gasteiger partial charge is 0.221 e. The molecule has 0 aliphatic carbocycles. The highest BCUT2D eigenvalue weighted by Crippen LogP contribution is 2.05. The van der Waals surface area contributed by atoms with Gasteiger partial charge in [-0.2, -0.15) is 0 Å².